The number of methoxy groups -OCH3 is 2. The third-order valence-corrected chi connectivity index (χ3v) is 14.4. The molecule has 4 aliphatic heterocycles. The Hall–Kier alpha value is -6.97. The second-order valence-corrected chi connectivity index (χ2v) is 20.5. The number of Topliss-reactive ketones (excluding diaryl/α,β-unsaturated/α-hetero) is 2. The minimum absolute atomic E-state index is 0.0278. The molecule has 0 spiro atoms. The number of amides is 2. The third kappa shape index (κ3) is 11.6. The molecule has 2 aromatic heterocycles. The Balaban J connectivity index is 0.000000161. The van der Waals surface area contributed by atoms with Crippen molar-refractivity contribution in [1.29, 1.82) is 0 Å². The van der Waals surface area contributed by atoms with Gasteiger partial charge in [0, 0.05) is 97.9 Å². The molecular formula is C58H70N6O9. The predicted molar refractivity (Wildman–Crippen MR) is 283 cm³/mol. The normalized spacial score (nSPS) is 17.4. The number of carbonyl (C=O) groups is 5. The van der Waals surface area contributed by atoms with Crippen LogP contribution in [0.15, 0.2) is 85.2 Å². The van der Waals surface area contributed by atoms with Crippen molar-refractivity contribution in [1.82, 2.24) is 30.0 Å². The number of ketones is 2. The Bertz CT molecular complexity index is 3010. The van der Waals surface area contributed by atoms with Gasteiger partial charge in [-0.15, -0.1) is 0 Å². The second-order valence-electron chi connectivity index (χ2n) is 20.5. The van der Waals surface area contributed by atoms with Gasteiger partial charge in [-0.25, -0.2) is 0 Å². The number of hydrogen-bond acceptors (Lipinski definition) is 11. The minimum Gasteiger partial charge on any atom is -0.496 e. The van der Waals surface area contributed by atoms with Crippen LogP contribution in [-0.4, -0.2) is 116 Å². The average Bonchev–Trinajstić information content (AvgIpc) is 4.02. The zero-order chi connectivity index (χ0) is 52.0. The van der Waals surface area contributed by atoms with Crippen molar-refractivity contribution in [3.63, 3.8) is 0 Å². The van der Waals surface area contributed by atoms with Crippen LogP contribution in [0.1, 0.15) is 131 Å². The number of carbonyl (C=O) groups excluding carboxylic acids is 5. The summed E-state index contributed by atoms with van der Waals surface area (Å²) >= 11 is 0. The lowest BCUT2D eigenvalue weighted by molar-refractivity contribution is -0.107. The smallest absolute Gasteiger partial charge is 0.251 e. The van der Waals surface area contributed by atoms with Crippen LogP contribution in [0.4, 0.5) is 0 Å². The van der Waals surface area contributed by atoms with Crippen LogP contribution in [0.2, 0.25) is 0 Å². The van der Waals surface area contributed by atoms with Crippen molar-refractivity contribution >= 4 is 51.5 Å². The van der Waals surface area contributed by atoms with Gasteiger partial charge in [0.2, 0.25) is 0 Å². The fourth-order valence-corrected chi connectivity index (χ4v) is 10.7. The van der Waals surface area contributed by atoms with Gasteiger partial charge in [-0.1, -0.05) is 12.1 Å². The molecule has 2 amide bonds. The number of likely N-dealkylation sites (tertiary alicyclic amines) is 1. The maximum atomic E-state index is 12.7. The number of hydrogen-bond donors (Lipinski definition) is 3. The van der Waals surface area contributed by atoms with E-state index in [1.165, 1.54) is 12.5 Å². The first-order valence-corrected chi connectivity index (χ1v) is 25.4. The van der Waals surface area contributed by atoms with Gasteiger partial charge in [-0.3, -0.25) is 19.2 Å². The largest absolute Gasteiger partial charge is 0.496 e. The molecule has 386 valence electrons. The van der Waals surface area contributed by atoms with Crippen molar-refractivity contribution in [2.75, 3.05) is 61.0 Å². The van der Waals surface area contributed by atoms with E-state index in [0.29, 0.717) is 64.4 Å². The lowest BCUT2D eigenvalue weighted by atomic mass is 9.90. The first-order valence-electron chi connectivity index (χ1n) is 25.4. The topological polar surface area (TPSA) is 171 Å². The van der Waals surface area contributed by atoms with Crippen LogP contribution in [0.5, 0.6) is 23.0 Å². The number of nitrogens with one attached hydrogen (secondary N) is 3. The van der Waals surface area contributed by atoms with Crippen molar-refractivity contribution in [2.45, 2.75) is 102 Å². The van der Waals surface area contributed by atoms with Crippen molar-refractivity contribution < 1.29 is 42.9 Å². The summed E-state index contributed by atoms with van der Waals surface area (Å²) in [5, 5.41) is 11.1. The van der Waals surface area contributed by atoms with Crippen molar-refractivity contribution in [3.8, 4) is 23.0 Å². The SMILES string of the molecule is CNC(=O)c1ccc2ccn(C3CCN(CCc4c(OC)ccc5c4OC(C)(C)CC5=O)CC3)c2c1.CNC(=O)c1ccc2ccn(C3CCNCC3)c2c1.COc1ccc2c(c1CC=O)OC(C)(C)CC2=O. The highest BCUT2D eigenvalue weighted by Gasteiger charge is 2.36. The fraction of sp³-hybridized carbons (Fsp3) is 0.431. The molecule has 0 atom stereocenters. The molecule has 4 aliphatic rings. The van der Waals surface area contributed by atoms with E-state index in [-0.39, 0.29) is 29.8 Å². The zero-order valence-corrected chi connectivity index (χ0v) is 43.5. The minimum atomic E-state index is -0.548. The van der Waals surface area contributed by atoms with E-state index in [4.69, 9.17) is 18.9 Å². The number of piperidine rings is 2. The summed E-state index contributed by atoms with van der Waals surface area (Å²) in [5.41, 5.74) is 5.45. The fourth-order valence-electron chi connectivity index (χ4n) is 10.7. The van der Waals surface area contributed by atoms with Crippen LogP contribution in [0.25, 0.3) is 21.8 Å². The van der Waals surface area contributed by atoms with Gasteiger partial charge in [-0.05, 0) is 144 Å². The number of rotatable bonds is 11. The summed E-state index contributed by atoms with van der Waals surface area (Å²) in [6.45, 7) is 12.6. The maximum absolute atomic E-state index is 12.7. The van der Waals surface area contributed by atoms with E-state index in [1.54, 1.807) is 33.3 Å². The predicted octanol–water partition coefficient (Wildman–Crippen LogP) is 8.74. The van der Waals surface area contributed by atoms with E-state index in [2.05, 4.69) is 54.5 Å². The molecule has 0 aliphatic carbocycles. The van der Waals surface area contributed by atoms with Crippen LogP contribution in [0, 0.1) is 0 Å². The molecular weight excluding hydrogens is 925 g/mol. The zero-order valence-electron chi connectivity index (χ0n) is 43.5. The quantitative estimate of drug-likeness (QED) is 0.106. The van der Waals surface area contributed by atoms with E-state index < -0.39 is 11.2 Å². The molecule has 10 rings (SSSR count). The monoisotopic (exact) mass is 995 g/mol. The molecule has 0 saturated carbocycles. The second kappa shape index (κ2) is 22.4. The highest BCUT2D eigenvalue weighted by molar-refractivity contribution is 6.02. The summed E-state index contributed by atoms with van der Waals surface area (Å²) in [5.74, 6) is 2.61. The molecule has 0 radical (unpaired) electrons. The van der Waals surface area contributed by atoms with Crippen LogP contribution < -0.4 is 34.9 Å². The average molecular weight is 995 g/mol. The molecule has 2 saturated heterocycles. The van der Waals surface area contributed by atoms with Gasteiger partial charge >= 0.3 is 0 Å². The first-order chi connectivity index (χ1) is 35.1. The summed E-state index contributed by atoms with van der Waals surface area (Å²) in [7, 11) is 6.53. The molecule has 0 bridgehead atoms. The van der Waals surface area contributed by atoms with Gasteiger partial charge in [0.25, 0.3) is 11.8 Å². The Morgan fingerprint density at radius 1 is 0.671 bits per heavy atom. The first kappa shape index (κ1) is 52.4. The Kier molecular flexibility index (Phi) is 16.1. The van der Waals surface area contributed by atoms with E-state index in [0.717, 1.165) is 104 Å². The highest BCUT2D eigenvalue weighted by atomic mass is 16.5. The van der Waals surface area contributed by atoms with E-state index in [9.17, 15) is 24.0 Å². The number of aromatic nitrogens is 2. The summed E-state index contributed by atoms with van der Waals surface area (Å²) < 4.78 is 27.7. The number of aldehydes is 1. The van der Waals surface area contributed by atoms with E-state index >= 15 is 0 Å². The van der Waals surface area contributed by atoms with Gasteiger partial charge in [-0.2, -0.15) is 0 Å². The number of fused-ring (bicyclic) bond motifs is 4. The molecule has 0 unspecified atom stereocenters. The molecule has 73 heavy (non-hydrogen) atoms. The van der Waals surface area contributed by atoms with Gasteiger partial charge in [0.15, 0.2) is 11.6 Å². The molecule has 2 fully saturated rings. The Morgan fingerprint density at radius 2 is 1.14 bits per heavy atom. The maximum Gasteiger partial charge on any atom is 0.251 e. The molecule has 15 heteroatoms. The Labute approximate surface area is 427 Å². The lowest BCUT2D eigenvalue weighted by Gasteiger charge is -2.35. The van der Waals surface area contributed by atoms with Crippen molar-refractivity contribution in [3.05, 3.63) is 119 Å². The molecule has 6 heterocycles. The Morgan fingerprint density at radius 3 is 1.60 bits per heavy atom. The van der Waals surface area contributed by atoms with Gasteiger partial charge < -0.3 is 53.7 Å². The highest BCUT2D eigenvalue weighted by Crippen LogP contribution is 2.42. The number of ether oxygens (including phenoxy) is 4. The lowest BCUT2D eigenvalue weighted by Crippen LogP contribution is -2.37. The van der Waals surface area contributed by atoms with Gasteiger partial charge in [0.1, 0.15) is 40.5 Å². The van der Waals surface area contributed by atoms with Crippen molar-refractivity contribution in [2.24, 2.45) is 0 Å². The van der Waals surface area contributed by atoms with Crippen LogP contribution in [-0.2, 0) is 17.6 Å². The number of nitrogens with zero attached hydrogens (tertiary/aromatic N) is 3. The van der Waals surface area contributed by atoms with Crippen LogP contribution >= 0.6 is 0 Å². The summed E-state index contributed by atoms with van der Waals surface area (Å²) in [6.07, 6.45) is 11.1. The van der Waals surface area contributed by atoms with Crippen LogP contribution in [0.3, 0.4) is 0 Å². The summed E-state index contributed by atoms with van der Waals surface area (Å²) in [6, 6.07) is 24.1. The number of benzene rings is 4. The molecule has 15 nitrogen and oxygen atoms in total. The third-order valence-electron chi connectivity index (χ3n) is 14.4. The molecule has 3 N–H and O–H groups in total. The van der Waals surface area contributed by atoms with E-state index in [1.807, 2.05) is 76.2 Å². The molecule has 4 aromatic carbocycles. The standard InChI is InChI=1S/C29H35N3O4.C15H19N3O.C14H16O4/c1-29(2)18-25(33)22-7-8-26(35-4)23(27(22)36-29)12-15-31-13-10-21(11-14-31)32-16-9-19-5-6-20(17-24(19)32)28(34)30-3;1-16-15(19)12-3-2-11-6-9-18(14(11)10-12)13-4-7-17-8-5-13;1-14(2)8-11(16)9-4-5-12(17-3)10(6-7-15)13(9)18-14/h5-9,16-17,21H,10-15,18H2,1-4H3,(H,30,34);2-3,6,9-10,13,17H,4-5,7-8H2,1H3,(H,16,19);4-5,7H,6,8H2,1-3H3. The molecule has 6 aromatic rings. The summed E-state index contributed by atoms with van der Waals surface area (Å²) in [4.78, 5) is 61.9. The van der Waals surface area contributed by atoms with Gasteiger partial charge in [0.05, 0.1) is 38.2 Å².